The Labute approximate surface area is 207 Å². The lowest BCUT2D eigenvalue weighted by Gasteiger charge is -2.39. The van der Waals surface area contributed by atoms with E-state index in [0.29, 0.717) is 17.3 Å². The number of aromatic nitrogens is 4. The number of methoxy groups -OCH3 is 1. The van der Waals surface area contributed by atoms with Gasteiger partial charge in [0.15, 0.2) is 5.69 Å². The number of anilines is 2. The highest BCUT2D eigenvalue weighted by atomic mass is 19.4. The Morgan fingerprint density at radius 3 is 1.78 bits per heavy atom. The molecule has 2 saturated heterocycles. The average molecular weight is 542 g/mol. The molecule has 0 radical (unpaired) electrons. The first kappa shape index (κ1) is 29.9. The second kappa shape index (κ2) is 12.3. The van der Waals surface area contributed by atoms with Crippen LogP contribution >= 0.6 is 0 Å². The summed E-state index contributed by atoms with van der Waals surface area (Å²) < 4.78 is 83.6. The zero-order chi connectivity index (χ0) is 26.5. The van der Waals surface area contributed by atoms with Crippen LogP contribution in [0.1, 0.15) is 23.6 Å². The second-order valence-electron chi connectivity index (χ2n) is 7.46. The van der Waals surface area contributed by atoms with E-state index in [-0.39, 0.29) is 45.9 Å². The van der Waals surface area contributed by atoms with Gasteiger partial charge in [-0.1, -0.05) is 7.43 Å². The fourth-order valence-electron chi connectivity index (χ4n) is 3.16. The smallest absolute Gasteiger partial charge is 0.464 e. The van der Waals surface area contributed by atoms with E-state index in [1.807, 2.05) is 0 Å². The molecule has 2 aliphatic heterocycles. The number of nitrogens with zero attached hydrogens (tertiary/aromatic N) is 6. The number of hydrogen-bond acceptors (Lipinski definition) is 11. The maximum absolute atomic E-state index is 11.9. The molecule has 0 spiro atoms. The van der Waals surface area contributed by atoms with Crippen LogP contribution in [0.2, 0.25) is 0 Å². The first-order valence-corrected chi connectivity index (χ1v) is 10.2. The number of aliphatic hydroxyl groups excluding tert-OH is 1. The molecule has 2 fully saturated rings. The Morgan fingerprint density at radius 1 is 0.892 bits per heavy atom. The van der Waals surface area contributed by atoms with Gasteiger partial charge in [0.2, 0.25) is 0 Å². The minimum Gasteiger partial charge on any atom is -0.464 e. The van der Waals surface area contributed by atoms with Gasteiger partial charge in [-0.05, 0) is 0 Å². The third-order valence-corrected chi connectivity index (χ3v) is 4.86. The summed E-state index contributed by atoms with van der Waals surface area (Å²) in [4.78, 5) is 29.7. The summed E-state index contributed by atoms with van der Waals surface area (Å²) in [5.74, 6) is 0.218. The fraction of sp³-hybridized carbons (Fsp3) is 0.550. The number of rotatable bonds is 6. The molecule has 17 heteroatoms. The standard InChI is InChI=1S/C10H10F3N3O3.C9H10F3N3O2.CH4/c1-18-9(17)7-2-8(15-5-14-7)16-3-6(4-16)19-10(11,12)13;10-9(11,12)17-7-2-15(3-7)8-1-6(4-16)13-5-14-8;/h2,5-6H,3-4H2,1H3;1,5,7,16H,2-4H2;1H4. The van der Waals surface area contributed by atoms with Crippen molar-refractivity contribution in [1.82, 2.24) is 19.9 Å². The minimum atomic E-state index is -4.64. The number of halogens is 6. The topological polar surface area (TPSA) is 123 Å². The molecule has 1 N–H and O–H groups in total. The van der Waals surface area contributed by atoms with Gasteiger partial charge in [-0.3, -0.25) is 9.47 Å². The lowest BCUT2D eigenvalue weighted by atomic mass is 10.1. The molecule has 37 heavy (non-hydrogen) atoms. The number of alkyl halides is 6. The van der Waals surface area contributed by atoms with Gasteiger partial charge in [0.25, 0.3) is 0 Å². The van der Waals surface area contributed by atoms with Crippen LogP contribution in [0.3, 0.4) is 0 Å². The predicted molar refractivity (Wildman–Crippen MR) is 114 cm³/mol. The Balaban J connectivity index is 0.000000255. The van der Waals surface area contributed by atoms with Gasteiger partial charge >= 0.3 is 18.7 Å². The van der Waals surface area contributed by atoms with Gasteiger partial charge in [0, 0.05) is 38.3 Å². The van der Waals surface area contributed by atoms with Gasteiger partial charge in [-0.2, -0.15) is 0 Å². The summed E-state index contributed by atoms with van der Waals surface area (Å²) in [5.41, 5.74) is 0.475. The molecule has 2 aromatic heterocycles. The van der Waals surface area contributed by atoms with Crippen molar-refractivity contribution in [3.8, 4) is 0 Å². The van der Waals surface area contributed by atoms with Gasteiger partial charge in [-0.25, -0.2) is 24.7 Å². The number of ether oxygens (including phenoxy) is 3. The number of esters is 1. The third-order valence-electron chi connectivity index (χ3n) is 4.86. The molecule has 0 unspecified atom stereocenters. The van der Waals surface area contributed by atoms with Gasteiger partial charge in [0.05, 0.1) is 19.4 Å². The van der Waals surface area contributed by atoms with Crippen molar-refractivity contribution in [3.05, 3.63) is 36.2 Å². The maximum Gasteiger partial charge on any atom is 0.522 e. The van der Waals surface area contributed by atoms with Crippen molar-refractivity contribution in [2.24, 2.45) is 0 Å². The Hall–Kier alpha value is -3.31. The largest absolute Gasteiger partial charge is 0.522 e. The zero-order valence-electron chi connectivity index (χ0n) is 18.5. The second-order valence-corrected chi connectivity index (χ2v) is 7.46. The summed E-state index contributed by atoms with van der Waals surface area (Å²) in [7, 11) is 1.21. The van der Waals surface area contributed by atoms with Crippen molar-refractivity contribution < 1.29 is 50.5 Å². The molecule has 11 nitrogen and oxygen atoms in total. The molecule has 0 bridgehead atoms. The highest BCUT2D eigenvalue weighted by Crippen LogP contribution is 2.27. The van der Waals surface area contributed by atoms with Gasteiger partial charge < -0.3 is 19.6 Å². The van der Waals surface area contributed by atoms with Crippen molar-refractivity contribution in [1.29, 1.82) is 0 Å². The van der Waals surface area contributed by atoms with Crippen molar-refractivity contribution in [3.63, 3.8) is 0 Å². The van der Waals surface area contributed by atoms with E-state index in [0.717, 1.165) is 6.33 Å². The summed E-state index contributed by atoms with van der Waals surface area (Å²) in [6.45, 7) is 0.128. The lowest BCUT2D eigenvalue weighted by Crippen LogP contribution is -2.54. The minimum absolute atomic E-state index is 0. The lowest BCUT2D eigenvalue weighted by molar-refractivity contribution is -0.345. The van der Waals surface area contributed by atoms with Crippen LogP contribution in [-0.4, -0.2) is 89.2 Å². The van der Waals surface area contributed by atoms with E-state index in [4.69, 9.17) is 5.11 Å². The molecule has 4 rings (SSSR count). The van der Waals surface area contributed by atoms with Gasteiger partial charge in [0.1, 0.15) is 36.5 Å². The van der Waals surface area contributed by atoms with E-state index in [2.05, 4.69) is 34.1 Å². The number of hydrogen-bond donors (Lipinski definition) is 1. The SMILES string of the molecule is C.COC(=O)c1cc(N2CC(OC(F)(F)F)C2)ncn1.OCc1cc(N2CC(OC(F)(F)F)C2)ncn1. The summed E-state index contributed by atoms with van der Waals surface area (Å²) in [6.07, 6.45) is -8.60. The molecule has 206 valence electrons. The van der Waals surface area contributed by atoms with Crippen LogP contribution < -0.4 is 9.80 Å². The van der Waals surface area contributed by atoms with Crippen molar-refractivity contribution in [2.45, 2.75) is 39.0 Å². The van der Waals surface area contributed by atoms with E-state index < -0.39 is 30.9 Å². The first-order chi connectivity index (χ1) is 16.9. The highest BCUT2D eigenvalue weighted by Gasteiger charge is 2.40. The maximum atomic E-state index is 11.9. The van der Waals surface area contributed by atoms with Crippen LogP contribution in [0.4, 0.5) is 38.0 Å². The molecular weight excluding hydrogens is 518 g/mol. The first-order valence-electron chi connectivity index (χ1n) is 10.2. The Morgan fingerprint density at radius 2 is 1.35 bits per heavy atom. The summed E-state index contributed by atoms with van der Waals surface area (Å²) in [5, 5.41) is 8.86. The molecule has 0 saturated carbocycles. The van der Waals surface area contributed by atoms with E-state index in [1.165, 1.54) is 25.6 Å². The normalized spacial score (nSPS) is 16.1. The third kappa shape index (κ3) is 8.94. The molecular formula is C20H24F6N6O5. The summed E-state index contributed by atoms with van der Waals surface area (Å²) >= 11 is 0. The van der Waals surface area contributed by atoms with E-state index in [9.17, 15) is 31.1 Å². The number of carbonyl (C=O) groups excluding carboxylic acids is 1. The molecule has 0 atom stereocenters. The monoisotopic (exact) mass is 542 g/mol. The van der Waals surface area contributed by atoms with E-state index in [1.54, 1.807) is 9.80 Å². The van der Waals surface area contributed by atoms with Crippen LogP contribution in [0.15, 0.2) is 24.8 Å². The van der Waals surface area contributed by atoms with E-state index >= 15 is 0 Å². The molecule has 4 heterocycles. The van der Waals surface area contributed by atoms with Crippen LogP contribution in [0.5, 0.6) is 0 Å². The van der Waals surface area contributed by atoms with Gasteiger partial charge in [-0.15, -0.1) is 26.3 Å². The molecule has 2 aromatic rings. The fourth-order valence-corrected chi connectivity index (χ4v) is 3.16. The average Bonchev–Trinajstić information content (AvgIpc) is 2.77. The Bertz CT molecular complexity index is 1030. The van der Waals surface area contributed by atoms with Crippen molar-refractivity contribution in [2.75, 3.05) is 43.1 Å². The highest BCUT2D eigenvalue weighted by molar-refractivity contribution is 5.87. The molecule has 0 aliphatic carbocycles. The predicted octanol–water partition coefficient (Wildman–Crippen LogP) is 2.32. The van der Waals surface area contributed by atoms with Crippen LogP contribution in [-0.2, 0) is 20.8 Å². The number of aliphatic hydroxyl groups is 1. The molecule has 0 amide bonds. The quantitative estimate of drug-likeness (QED) is 0.427. The van der Waals surface area contributed by atoms with Crippen LogP contribution in [0.25, 0.3) is 0 Å². The van der Waals surface area contributed by atoms with Crippen molar-refractivity contribution >= 4 is 17.6 Å². The number of carbonyl (C=O) groups is 1. The summed E-state index contributed by atoms with van der Waals surface area (Å²) in [6, 6.07) is 2.89. The molecule has 2 aliphatic rings. The zero-order valence-corrected chi connectivity index (χ0v) is 18.5. The molecule has 0 aromatic carbocycles. The Kier molecular flexibility index (Phi) is 9.93. The van der Waals surface area contributed by atoms with Crippen LogP contribution in [0, 0.1) is 0 Å².